The lowest BCUT2D eigenvalue weighted by Gasteiger charge is -2.27. The van der Waals surface area contributed by atoms with Crippen LogP contribution in [0.1, 0.15) is 36.1 Å². The quantitative estimate of drug-likeness (QED) is 0.243. The fourth-order valence-corrected chi connectivity index (χ4v) is 4.81. The largest absolute Gasteiger partial charge is 0.443 e. The molecule has 0 aliphatic rings. The van der Waals surface area contributed by atoms with E-state index >= 15 is 0 Å². The molecule has 0 bridgehead atoms. The number of nitrogens with zero attached hydrogens (tertiary/aromatic N) is 3. The number of rotatable bonds is 5. The van der Waals surface area contributed by atoms with Crippen molar-refractivity contribution in [2.45, 2.75) is 39.8 Å². The van der Waals surface area contributed by atoms with Gasteiger partial charge in [0.25, 0.3) is 0 Å². The molecule has 0 fully saturated rings. The Bertz CT molecular complexity index is 1120. The molecule has 0 aliphatic heterocycles. The molecular weight excluding hydrogens is 446 g/mol. The molecule has 3 rings (SSSR count). The third-order valence-electron chi connectivity index (χ3n) is 4.01. The minimum Gasteiger partial charge on any atom is -0.443 e. The summed E-state index contributed by atoms with van der Waals surface area (Å²) in [5.74, 6) is 0. The zero-order valence-corrected chi connectivity index (χ0v) is 19.2. The maximum absolute atomic E-state index is 13.1. The molecule has 3 aromatic rings. The highest BCUT2D eigenvalue weighted by Crippen LogP contribution is 2.40. The molecule has 10 heteroatoms. The molecule has 0 N–H and O–H groups in total. The van der Waals surface area contributed by atoms with Crippen molar-refractivity contribution in [1.82, 2.24) is 4.98 Å². The van der Waals surface area contributed by atoms with Crippen molar-refractivity contribution >= 4 is 62.3 Å². The summed E-state index contributed by atoms with van der Waals surface area (Å²) in [6, 6.07) is 5.48. The van der Waals surface area contributed by atoms with Crippen LogP contribution in [-0.2, 0) is 11.3 Å². The predicted octanol–water partition coefficient (Wildman–Crippen LogP) is 6.51. The zero-order chi connectivity index (χ0) is 22.1. The van der Waals surface area contributed by atoms with Gasteiger partial charge in [0, 0.05) is 21.9 Å². The number of carbonyl (C=O) groups is 1. The Kier molecular flexibility index (Phi) is 6.44. The molecule has 0 unspecified atom stereocenters. The number of amides is 1. The van der Waals surface area contributed by atoms with Crippen LogP contribution < -0.4 is 4.90 Å². The minimum absolute atomic E-state index is 0.225. The first kappa shape index (κ1) is 22.2. The zero-order valence-electron chi connectivity index (χ0n) is 16.8. The van der Waals surface area contributed by atoms with E-state index < -0.39 is 16.6 Å². The van der Waals surface area contributed by atoms with Crippen molar-refractivity contribution in [1.29, 1.82) is 0 Å². The predicted molar refractivity (Wildman–Crippen MR) is 122 cm³/mol. The highest BCUT2D eigenvalue weighted by molar-refractivity contribution is 7.20. The topological polar surface area (TPSA) is 85.6 Å². The SMILES string of the molecule is Cc1c(/C=C/[N+](=O)[O-])sc2c(N(Cc3cccs3)C(=O)OC(C)(C)C)cc(Cl)nc12. The molecule has 0 spiro atoms. The number of thiophene rings is 2. The number of anilines is 1. The minimum atomic E-state index is -0.675. The van der Waals surface area contributed by atoms with E-state index in [9.17, 15) is 14.9 Å². The Morgan fingerprint density at radius 2 is 2.17 bits per heavy atom. The van der Waals surface area contributed by atoms with Crippen LogP contribution in [-0.4, -0.2) is 21.6 Å². The van der Waals surface area contributed by atoms with E-state index in [1.165, 1.54) is 33.6 Å². The van der Waals surface area contributed by atoms with E-state index in [4.69, 9.17) is 16.3 Å². The average Bonchev–Trinajstić information content (AvgIpc) is 3.24. The fraction of sp³-hybridized carbons (Fsp3) is 0.300. The Labute approximate surface area is 186 Å². The summed E-state index contributed by atoms with van der Waals surface area (Å²) in [4.78, 5) is 30.9. The number of ether oxygens (including phenoxy) is 1. The second-order valence-electron chi connectivity index (χ2n) is 7.48. The third kappa shape index (κ3) is 5.16. The van der Waals surface area contributed by atoms with Gasteiger partial charge in [0.05, 0.1) is 27.4 Å². The highest BCUT2D eigenvalue weighted by Gasteiger charge is 2.27. The number of nitro groups is 1. The summed E-state index contributed by atoms with van der Waals surface area (Å²) < 4.78 is 6.35. The molecule has 0 saturated heterocycles. The average molecular weight is 466 g/mol. The standard InChI is InChI=1S/C20H20ClN3O4S2/c1-12-15(7-8-24(26)27)30-18-14(10-16(21)22-17(12)18)23(11-13-6-5-9-29-13)19(25)28-20(2,3)4/h5-10H,11H2,1-4H3/b8-7+. The van der Waals surface area contributed by atoms with Crippen molar-refractivity contribution in [3.05, 3.63) is 60.4 Å². The molecule has 30 heavy (non-hydrogen) atoms. The molecule has 1 amide bonds. The van der Waals surface area contributed by atoms with Gasteiger partial charge in [-0.3, -0.25) is 15.0 Å². The van der Waals surface area contributed by atoms with E-state index in [0.29, 0.717) is 27.3 Å². The van der Waals surface area contributed by atoms with Crippen LogP contribution in [0.15, 0.2) is 29.8 Å². The van der Waals surface area contributed by atoms with Crippen molar-refractivity contribution in [3.63, 3.8) is 0 Å². The maximum atomic E-state index is 13.1. The number of aromatic nitrogens is 1. The Hall–Kier alpha value is -2.49. The Morgan fingerprint density at radius 3 is 2.77 bits per heavy atom. The first-order chi connectivity index (χ1) is 14.0. The first-order valence-corrected chi connectivity index (χ1v) is 11.1. The number of pyridine rings is 1. The Balaban J connectivity index is 2.16. The van der Waals surface area contributed by atoms with Gasteiger partial charge in [0.2, 0.25) is 6.20 Å². The number of fused-ring (bicyclic) bond motifs is 1. The van der Waals surface area contributed by atoms with Crippen LogP contribution in [0.2, 0.25) is 5.15 Å². The lowest BCUT2D eigenvalue weighted by Crippen LogP contribution is -2.36. The summed E-state index contributed by atoms with van der Waals surface area (Å²) >= 11 is 9.14. The van der Waals surface area contributed by atoms with Crippen LogP contribution in [0.4, 0.5) is 10.5 Å². The molecule has 3 heterocycles. The number of aryl methyl sites for hydroxylation is 1. The Morgan fingerprint density at radius 1 is 1.43 bits per heavy atom. The molecule has 0 aliphatic carbocycles. The second-order valence-corrected chi connectivity index (χ2v) is 9.95. The summed E-state index contributed by atoms with van der Waals surface area (Å²) in [6.45, 7) is 7.54. The summed E-state index contributed by atoms with van der Waals surface area (Å²) in [5.41, 5.74) is 1.25. The number of hydrogen-bond donors (Lipinski definition) is 0. The first-order valence-electron chi connectivity index (χ1n) is 8.99. The molecular formula is C20H20ClN3O4S2. The normalized spacial score (nSPS) is 11.9. The van der Waals surface area contributed by atoms with Crippen LogP contribution in [0.5, 0.6) is 0 Å². The van der Waals surface area contributed by atoms with Gasteiger partial charge in [0.1, 0.15) is 10.8 Å². The van der Waals surface area contributed by atoms with Gasteiger partial charge in [-0.2, -0.15) is 0 Å². The van der Waals surface area contributed by atoms with E-state index in [1.807, 2.05) is 24.4 Å². The van der Waals surface area contributed by atoms with Crippen LogP contribution in [0.25, 0.3) is 16.3 Å². The van der Waals surface area contributed by atoms with Crippen molar-refractivity contribution < 1.29 is 14.5 Å². The molecule has 3 aromatic heterocycles. The van der Waals surface area contributed by atoms with Crippen LogP contribution >= 0.6 is 34.3 Å². The fourth-order valence-electron chi connectivity index (χ4n) is 2.76. The van der Waals surface area contributed by atoms with Crippen molar-refractivity contribution in [3.8, 4) is 0 Å². The number of carbonyl (C=O) groups excluding carboxylic acids is 1. The van der Waals surface area contributed by atoms with Gasteiger partial charge in [-0.1, -0.05) is 17.7 Å². The molecule has 0 aromatic carbocycles. The van der Waals surface area contributed by atoms with E-state index in [0.717, 1.165) is 16.6 Å². The second kappa shape index (κ2) is 8.71. The van der Waals surface area contributed by atoms with Gasteiger partial charge in [-0.05, 0) is 44.7 Å². The molecule has 158 valence electrons. The van der Waals surface area contributed by atoms with Gasteiger partial charge in [-0.15, -0.1) is 22.7 Å². The van der Waals surface area contributed by atoms with E-state index in [-0.39, 0.29) is 5.15 Å². The third-order valence-corrected chi connectivity index (χ3v) is 6.33. The van der Waals surface area contributed by atoms with Gasteiger partial charge in [0.15, 0.2) is 0 Å². The molecule has 7 nitrogen and oxygen atoms in total. The van der Waals surface area contributed by atoms with Crippen LogP contribution in [0, 0.1) is 17.0 Å². The summed E-state index contributed by atoms with van der Waals surface area (Å²) in [7, 11) is 0. The summed E-state index contributed by atoms with van der Waals surface area (Å²) in [5, 5.41) is 12.9. The van der Waals surface area contributed by atoms with Crippen molar-refractivity contribution in [2.75, 3.05) is 4.90 Å². The monoisotopic (exact) mass is 465 g/mol. The van der Waals surface area contributed by atoms with Gasteiger partial charge in [-0.25, -0.2) is 9.78 Å². The highest BCUT2D eigenvalue weighted by atomic mass is 35.5. The molecule has 0 radical (unpaired) electrons. The molecule has 0 saturated carbocycles. The van der Waals surface area contributed by atoms with Gasteiger partial charge >= 0.3 is 6.09 Å². The van der Waals surface area contributed by atoms with Crippen molar-refractivity contribution in [2.24, 2.45) is 0 Å². The maximum Gasteiger partial charge on any atom is 0.415 e. The van der Waals surface area contributed by atoms with E-state index in [2.05, 4.69) is 4.98 Å². The van der Waals surface area contributed by atoms with Crippen LogP contribution in [0.3, 0.4) is 0 Å². The lowest BCUT2D eigenvalue weighted by molar-refractivity contribution is -0.400. The smallest absolute Gasteiger partial charge is 0.415 e. The number of halogens is 1. The molecule has 0 atom stereocenters. The van der Waals surface area contributed by atoms with Gasteiger partial charge < -0.3 is 4.74 Å². The number of hydrogen-bond acceptors (Lipinski definition) is 7. The lowest BCUT2D eigenvalue weighted by atomic mass is 10.2. The summed E-state index contributed by atoms with van der Waals surface area (Å²) in [6.07, 6.45) is 1.81. The van der Waals surface area contributed by atoms with E-state index in [1.54, 1.807) is 26.8 Å².